The number of H-pyrrole nitrogens is 2. The lowest BCUT2D eigenvalue weighted by atomic mass is 9.92. The molecule has 0 saturated heterocycles. The highest BCUT2D eigenvalue weighted by molar-refractivity contribution is 6.04. The third kappa shape index (κ3) is 3.65. The number of nitrogens with zero attached hydrogens (tertiary/aromatic N) is 4. The van der Waals surface area contributed by atoms with Crippen molar-refractivity contribution in [3.05, 3.63) is 58.2 Å². The molecule has 4 heterocycles. The molecule has 1 unspecified atom stereocenters. The minimum absolute atomic E-state index is 0.0285. The third-order valence-electron chi connectivity index (χ3n) is 5.90. The van der Waals surface area contributed by atoms with Gasteiger partial charge in [-0.2, -0.15) is 5.10 Å². The molecule has 1 aliphatic carbocycles. The molecule has 3 N–H and O–H groups in total. The molecule has 10 nitrogen and oxygen atoms in total. The van der Waals surface area contributed by atoms with Gasteiger partial charge in [0, 0.05) is 48.9 Å². The van der Waals surface area contributed by atoms with Gasteiger partial charge in [0.25, 0.3) is 12.4 Å². The normalized spacial score (nSPS) is 17.4. The minimum atomic E-state index is -0.250. The molecule has 0 fully saturated rings. The average Bonchev–Trinajstić information content (AvgIpc) is 3.46. The predicted molar refractivity (Wildman–Crippen MR) is 110 cm³/mol. The van der Waals surface area contributed by atoms with E-state index in [1.54, 1.807) is 11.0 Å². The first-order chi connectivity index (χ1) is 14.9. The van der Waals surface area contributed by atoms with Gasteiger partial charge < -0.3 is 20.0 Å². The Kier molecular flexibility index (Phi) is 5.45. The highest BCUT2D eigenvalue weighted by Gasteiger charge is 2.35. The van der Waals surface area contributed by atoms with E-state index in [0.29, 0.717) is 25.2 Å². The van der Waals surface area contributed by atoms with Crippen LogP contribution >= 0.6 is 0 Å². The fraction of sp³-hybridized carbons (Fsp3) is 0.381. The lowest BCUT2D eigenvalue weighted by molar-refractivity contribution is -0.122. The molecule has 0 saturated carbocycles. The van der Waals surface area contributed by atoms with Gasteiger partial charge in [0.1, 0.15) is 5.69 Å². The van der Waals surface area contributed by atoms with E-state index < -0.39 is 0 Å². The van der Waals surface area contributed by atoms with Crippen molar-refractivity contribution in [1.82, 2.24) is 29.6 Å². The Morgan fingerprint density at radius 3 is 2.77 bits per heavy atom. The Balaban J connectivity index is 0.000000730. The van der Waals surface area contributed by atoms with Crippen LogP contribution < -0.4 is 0 Å². The molecule has 0 spiro atoms. The van der Waals surface area contributed by atoms with Crippen molar-refractivity contribution in [1.29, 1.82) is 0 Å². The Morgan fingerprint density at radius 2 is 2.10 bits per heavy atom. The molecule has 1 atom stereocenters. The van der Waals surface area contributed by atoms with Crippen LogP contribution in [0.2, 0.25) is 0 Å². The molecule has 31 heavy (non-hydrogen) atoms. The van der Waals surface area contributed by atoms with Crippen LogP contribution in [0, 0.1) is 6.92 Å². The Hall–Kier alpha value is -3.69. The molecule has 3 aromatic heterocycles. The number of Topliss-reactive ketones (excluding diaryl/α,β-unsaturated/α-hetero) is 1. The second kappa shape index (κ2) is 8.21. The van der Waals surface area contributed by atoms with Crippen LogP contribution in [0.25, 0.3) is 0 Å². The smallest absolute Gasteiger partial charge is 0.290 e. The molecular weight excluding hydrogens is 400 g/mol. The van der Waals surface area contributed by atoms with Crippen molar-refractivity contribution in [2.24, 2.45) is 7.05 Å². The Bertz CT molecular complexity index is 1140. The van der Waals surface area contributed by atoms with Crippen LogP contribution in [-0.2, 0) is 24.8 Å². The second-order valence-corrected chi connectivity index (χ2v) is 7.81. The van der Waals surface area contributed by atoms with E-state index in [4.69, 9.17) is 9.90 Å². The van der Waals surface area contributed by atoms with E-state index in [-0.39, 0.29) is 24.1 Å². The highest BCUT2D eigenvalue weighted by atomic mass is 16.3. The van der Waals surface area contributed by atoms with Crippen molar-refractivity contribution in [3.63, 3.8) is 0 Å². The van der Waals surface area contributed by atoms with Crippen molar-refractivity contribution >= 4 is 18.2 Å². The van der Waals surface area contributed by atoms with Gasteiger partial charge in [-0.3, -0.25) is 19.1 Å². The van der Waals surface area contributed by atoms with E-state index in [1.807, 2.05) is 31.3 Å². The maximum atomic E-state index is 13.4. The number of imidazole rings is 1. The number of carbonyl (C=O) groups is 3. The number of ketones is 1. The summed E-state index contributed by atoms with van der Waals surface area (Å²) < 4.78 is 1.76. The van der Waals surface area contributed by atoms with Gasteiger partial charge in [-0.15, -0.1) is 0 Å². The van der Waals surface area contributed by atoms with Gasteiger partial charge >= 0.3 is 0 Å². The number of hydrogen-bond donors (Lipinski definition) is 3. The van der Waals surface area contributed by atoms with E-state index in [0.717, 1.165) is 46.6 Å². The summed E-state index contributed by atoms with van der Waals surface area (Å²) in [6.07, 6.45) is 7.69. The lowest BCUT2D eigenvalue weighted by Gasteiger charge is -2.31. The zero-order valence-corrected chi connectivity index (χ0v) is 17.4. The number of carboxylic acid groups (broad SMARTS) is 1. The fourth-order valence-corrected chi connectivity index (χ4v) is 4.50. The van der Waals surface area contributed by atoms with E-state index >= 15 is 0 Å². The molecule has 2 aliphatic rings. The second-order valence-electron chi connectivity index (χ2n) is 7.81. The molecular formula is C21H24N6O4. The molecule has 5 rings (SSSR count). The summed E-state index contributed by atoms with van der Waals surface area (Å²) in [5.41, 5.74) is 5.88. The fourth-order valence-electron chi connectivity index (χ4n) is 4.50. The summed E-state index contributed by atoms with van der Waals surface area (Å²) in [5, 5.41) is 11.2. The van der Waals surface area contributed by atoms with E-state index in [2.05, 4.69) is 20.1 Å². The SMILES string of the molecule is Cc1c(C(=O)N2Cc3[nH]cnc3C(c3cnn(C)c3)C2)[nH]c2c1C(=O)CCC2.O=CO. The first-order valence-electron chi connectivity index (χ1n) is 10.1. The maximum absolute atomic E-state index is 13.4. The number of fused-ring (bicyclic) bond motifs is 2. The molecule has 1 amide bonds. The number of hydrogen-bond acceptors (Lipinski definition) is 5. The van der Waals surface area contributed by atoms with Crippen LogP contribution in [0.3, 0.4) is 0 Å². The van der Waals surface area contributed by atoms with Gasteiger partial charge in [-0.25, -0.2) is 4.98 Å². The van der Waals surface area contributed by atoms with E-state index in [9.17, 15) is 9.59 Å². The molecule has 1 aliphatic heterocycles. The van der Waals surface area contributed by atoms with Crippen molar-refractivity contribution in [3.8, 4) is 0 Å². The average molecular weight is 424 g/mol. The first kappa shape index (κ1) is 20.6. The quantitative estimate of drug-likeness (QED) is 0.537. The van der Waals surface area contributed by atoms with E-state index in [1.165, 1.54) is 0 Å². The van der Waals surface area contributed by atoms with Crippen molar-refractivity contribution in [2.75, 3.05) is 6.54 Å². The summed E-state index contributed by atoms with van der Waals surface area (Å²) >= 11 is 0. The molecule has 0 bridgehead atoms. The third-order valence-corrected chi connectivity index (χ3v) is 5.90. The number of aromatic amines is 2. The molecule has 0 radical (unpaired) electrons. The van der Waals surface area contributed by atoms with Gasteiger partial charge in [0.05, 0.1) is 30.5 Å². The van der Waals surface area contributed by atoms with Gasteiger partial charge in [-0.1, -0.05) is 0 Å². The summed E-state index contributed by atoms with van der Waals surface area (Å²) in [5.74, 6) is 0.0322. The molecule has 0 aromatic carbocycles. The van der Waals surface area contributed by atoms with Crippen LogP contribution in [0.5, 0.6) is 0 Å². The minimum Gasteiger partial charge on any atom is -0.483 e. The number of amides is 1. The number of carbonyl (C=O) groups excluding carboxylic acids is 2. The summed E-state index contributed by atoms with van der Waals surface area (Å²) in [4.78, 5) is 46.8. The Labute approximate surface area is 178 Å². The molecule has 10 heteroatoms. The maximum Gasteiger partial charge on any atom is 0.290 e. The number of rotatable bonds is 2. The van der Waals surface area contributed by atoms with Crippen LogP contribution in [0.1, 0.15) is 67.8 Å². The van der Waals surface area contributed by atoms with Gasteiger partial charge in [-0.05, 0) is 25.3 Å². The number of aryl methyl sites for hydroxylation is 2. The zero-order chi connectivity index (χ0) is 22.1. The zero-order valence-electron chi connectivity index (χ0n) is 17.4. The van der Waals surface area contributed by atoms with Crippen molar-refractivity contribution < 1.29 is 19.5 Å². The predicted octanol–water partition coefficient (Wildman–Crippen LogP) is 1.79. The standard InChI is InChI=1S/C20H22N6O2.CH2O2/c1-11-17-14(4-3-5-16(17)27)24-18(11)20(28)26-8-13(12-6-23-25(2)7-12)19-15(9-26)21-10-22-19;2-1-3/h6-7,10,13,24H,3-5,8-9H2,1-2H3,(H,21,22);1H,(H,2,3). The summed E-state index contributed by atoms with van der Waals surface area (Å²) in [6, 6.07) is 0. The highest BCUT2D eigenvalue weighted by Crippen LogP contribution is 2.33. The molecule has 3 aromatic rings. The lowest BCUT2D eigenvalue weighted by Crippen LogP contribution is -2.39. The van der Waals surface area contributed by atoms with Crippen LogP contribution in [-0.4, -0.2) is 59.4 Å². The monoisotopic (exact) mass is 424 g/mol. The van der Waals surface area contributed by atoms with Crippen LogP contribution in [0.4, 0.5) is 0 Å². The largest absolute Gasteiger partial charge is 0.483 e. The molecule has 162 valence electrons. The van der Waals surface area contributed by atoms with Crippen molar-refractivity contribution in [2.45, 2.75) is 38.6 Å². The number of aromatic nitrogens is 5. The number of nitrogens with one attached hydrogen (secondary N) is 2. The van der Waals surface area contributed by atoms with Crippen LogP contribution in [0.15, 0.2) is 18.7 Å². The summed E-state index contributed by atoms with van der Waals surface area (Å²) in [6.45, 7) is 2.62. The Morgan fingerprint density at radius 1 is 1.32 bits per heavy atom. The topological polar surface area (TPSA) is 137 Å². The summed E-state index contributed by atoms with van der Waals surface area (Å²) in [7, 11) is 1.88. The van der Waals surface area contributed by atoms with Gasteiger partial charge in [0.2, 0.25) is 0 Å². The first-order valence-corrected chi connectivity index (χ1v) is 10.1. The van der Waals surface area contributed by atoms with Gasteiger partial charge in [0.15, 0.2) is 5.78 Å².